The molecule has 2 heterocycles. The van der Waals surface area contributed by atoms with Crippen LogP contribution in [-0.2, 0) is 4.79 Å². The number of rotatable bonds is 7. The Labute approximate surface area is 184 Å². The average Bonchev–Trinajstić information content (AvgIpc) is 3.44. The summed E-state index contributed by atoms with van der Waals surface area (Å²) in [4.78, 5) is 13.6. The topological polar surface area (TPSA) is 59.8 Å². The molecule has 7 heteroatoms. The number of thioether (sulfide) groups is 1. The Morgan fingerprint density at radius 3 is 2.53 bits per heavy atom. The van der Waals surface area contributed by atoms with E-state index in [0.29, 0.717) is 5.16 Å². The zero-order valence-corrected chi connectivity index (χ0v) is 18.4. The van der Waals surface area contributed by atoms with Crippen molar-refractivity contribution in [3.05, 3.63) is 82.6 Å². The van der Waals surface area contributed by atoms with Crippen molar-refractivity contribution < 1.29 is 4.79 Å². The Morgan fingerprint density at radius 2 is 1.83 bits per heavy atom. The van der Waals surface area contributed by atoms with E-state index >= 15 is 0 Å². The van der Waals surface area contributed by atoms with Gasteiger partial charge < -0.3 is 5.32 Å². The fourth-order valence-electron chi connectivity index (χ4n) is 3.09. The van der Waals surface area contributed by atoms with Gasteiger partial charge in [0.25, 0.3) is 0 Å². The summed E-state index contributed by atoms with van der Waals surface area (Å²) in [6.45, 7) is 4.06. The van der Waals surface area contributed by atoms with Gasteiger partial charge in [0.1, 0.15) is 0 Å². The highest BCUT2D eigenvalue weighted by Gasteiger charge is 2.18. The Morgan fingerprint density at radius 1 is 1.07 bits per heavy atom. The molecule has 0 unspecified atom stereocenters. The summed E-state index contributed by atoms with van der Waals surface area (Å²) in [5.74, 6) is 1.00. The molecule has 30 heavy (non-hydrogen) atoms. The van der Waals surface area contributed by atoms with Crippen molar-refractivity contribution in [2.75, 3.05) is 5.75 Å². The lowest BCUT2D eigenvalue weighted by molar-refractivity contribution is -0.119. The molecule has 0 aliphatic rings. The van der Waals surface area contributed by atoms with Crippen molar-refractivity contribution in [2.45, 2.75) is 25.0 Å². The maximum atomic E-state index is 12.5. The second kappa shape index (κ2) is 9.28. The summed E-state index contributed by atoms with van der Waals surface area (Å²) in [6, 6.07) is 22.2. The molecule has 1 N–H and O–H groups in total. The number of aryl methyl sites for hydroxylation is 1. The standard InChI is InChI=1S/C23H22N4OS2/c1-16-10-12-19(13-11-16)27-22(18-7-4-3-5-8-18)25-26-23(27)30-15-21(28)24-17(2)20-9-6-14-29-20/h3-14,17H,15H2,1-2H3,(H,24,28)/t17-/m1/s1. The van der Waals surface area contributed by atoms with E-state index in [1.165, 1.54) is 17.3 Å². The molecule has 2 aromatic heterocycles. The minimum atomic E-state index is -0.0272. The molecule has 0 saturated heterocycles. The van der Waals surface area contributed by atoms with E-state index in [9.17, 15) is 4.79 Å². The molecule has 4 aromatic rings. The SMILES string of the molecule is Cc1ccc(-n2c(SCC(=O)N[C@H](C)c3cccs3)nnc2-c2ccccc2)cc1. The first-order chi connectivity index (χ1) is 14.6. The molecular weight excluding hydrogens is 412 g/mol. The van der Waals surface area contributed by atoms with E-state index in [0.717, 1.165) is 22.0 Å². The number of nitrogens with zero attached hydrogens (tertiary/aromatic N) is 3. The third-order valence-corrected chi connectivity index (χ3v) is 6.62. The third-order valence-electron chi connectivity index (χ3n) is 4.64. The molecule has 0 bridgehead atoms. The van der Waals surface area contributed by atoms with E-state index in [2.05, 4.69) is 34.6 Å². The Balaban J connectivity index is 1.56. The molecule has 0 aliphatic heterocycles. The quantitative estimate of drug-likeness (QED) is 0.402. The van der Waals surface area contributed by atoms with Crippen LogP contribution < -0.4 is 5.32 Å². The zero-order chi connectivity index (χ0) is 20.9. The summed E-state index contributed by atoms with van der Waals surface area (Å²) in [5.41, 5.74) is 3.14. The number of carbonyl (C=O) groups is 1. The molecule has 5 nitrogen and oxygen atoms in total. The van der Waals surface area contributed by atoms with Gasteiger partial charge in [-0.3, -0.25) is 9.36 Å². The van der Waals surface area contributed by atoms with Gasteiger partial charge in [-0.05, 0) is 37.4 Å². The van der Waals surface area contributed by atoms with E-state index in [1.54, 1.807) is 11.3 Å². The van der Waals surface area contributed by atoms with Crippen molar-refractivity contribution in [3.63, 3.8) is 0 Å². The largest absolute Gasteiger partial charge is 0.348 e. The lowest BCUT2D eigenvalue weighted by atomic mass is 10.2. The summed E-state index contributed by atoms with van der Waals surface area (Å²) in [5, 5.41) is 14.6. The fourth-order valence-corrected chi connectivity index (χ4v) is 4.58. The Bertz CT molecular complexity index is 1110. The number of aromatic nitrogens is 3. The van der Waals surface area contributed by atoms with Gasteiger partial charge in [-0.15, -0.1) is 21.5 Å². The lowest BCUT2D eigenvalue weighted by Gasteiger charge is -2.13. The van der Waals surface area contributed by atoms with Crippen LogP contribution in [0.4, 0.5) is 0 Å². The normalized spacial score (nSPS) is 11.9. The third kappa shape index (κ3) is 4.63. The van der Waals surface area contributed by atoms with Gasteiger partial charge in [-0.25, -0.2) is 0 Å². The van der Waals surface area contributed by atoms with Crippen LogP contribution in [0, 0.1) is 6.92 Å². The molecule has 0 fully saturated rings. The smallest absolute Gasteiger partial charge is 0.230 e. The molecule has 0 saturated carbocycles. The molecule has 0 spiro atoms. The number of hydrogen-bond acceptors (Lipinski definition) is 5. The molecule has 0 aliphatic carbocycles. The number of benzene rings is 2. The first kappa shape index (κ1) is 20.4. The lowest BCUT2D eigenvalue weighted by Crippen LogP contribution is -2.27. The Hall–Kier alpha value is -2.90. The van der Waals surface area contributed by atoms with Crippen LogP contribution in [-0.4, -0.2) is 26.4 Å². The number of hydrogen-bond donors (Lipinski definition) is 1. The summed E-state index contributed by atoms with van der Waals surface area (Å²) >= 11 is 3.03. The predicted octanol–water partition coefficient (Wildman–Crippen LogP) is 5.27. The highest BCUT2D eigenvalue weighted by Crippen LogP contribution is 2.28. The highest BCUT2D eigenvalue weighted by molar-refractivity contribution is 7.99. The van der Waals surface area contributed by atoms with Crippen molar-refractivity contribution in [1.82, 2.24) is 20.1 Å². The monoisotopic (exact) mass is 434 g/mol. The first-order valence-electron chi connectivity index (χ1n) is 9.65. The van der Waals surface area contributed by atoms with Crippen LogP contribution in [0.3, 0.4) is 0 Å². The van der Waals surface area contributed by atoms with Crippen LogP contribution in [0.15, 0.2) is 77.3 Å². The number of thiophene rings is 1. The minimum absolute atomic E-state index is 0.00653. The number of nitrogens with one attached hydrogen (secondary N) is 1. The predicted molar refractivity (Wildman–Crippen MR) is 123 cm³/mol. The number of carbonyl (C=O) groups excluding carboxylic acids is 1. The van der Waals surface area contributed by atoms with E-state index < -0.39 is 0 Å². The van der Waals surface area contributed by atoms with Crippen molar-refractivity contribution in [3.8, 4) is 17.1 Å². The molecular formula is C23H22N4OS2. The van der Waals surface area contributed by atoms with Gasteiger partial charge in [-0.1, -0.05) is 65.9 Å². The Kier molecular flexibility index (Phi) is 6.30. The second-order valence-electron chi connectivity index (χ2n) is 6.94. The van der Waals surface area contributed by atoms with E-state index in [4.69, 9.17) is 0 Å². The molecule has 1 atom stereocenters. The second-order valence-corrected chi connectivity index (χ2v) is 8.86. The number of amides is 1. The van der Waals surface area contributed by atoms with Crippen LogP contribution in [0.2, 0.25) is 0 Å². The summed E-state index contributed by atoms with van der Waals surface area (Å²) < 4.78 is 2.01. The molecule has 1 amide bonds. The maximum Gasteiger partial charge on any atom is 0.230 e. The summed E-state index contributed by atoms with van der Waals surface area (Å²) in [6.07, 6.45) is 0. The van der Waals surface area contributed by atoms with Crippen molar-refractivity contribution in [2.24, 2.45) is 0 Å². The van der Waals surface area contributed by atoms with Crippen molar-refractivity contribution in [1.29, 1.82) is 0 Å². The van der Waals surface area contributed by atoms with Crippen LogP contribution in [0.25, 0.3) is 17.1 Å². The van der Waals surface area contributed by atoms with Crippen LogP contribution in [0.5, 0.6) is 0 Å². The van der Waals surface area contributed by atoms with Gasteiger partial charge in [0.05, 0.1) is 11.8 Å². The molecule has 0 radical (unpaired) electrons. The van der Waals surface area contributed by atoms with E-state index in [-0.39, 0.29) is 17.7 Å². The summed E-state index contributed by atoms with van der Waals surface area (Å²) in [7, 11) is 0. The molecule has 2 aromatic carbocycles. The van der Waals surface area contributed by atoms with Gasteiger partial charge in [0.2, 0.25) is 5.91 Å². The molecule has 4 rings (SSSR count). The highest BCUT2D eigenvalue weighted by atomic mass is 32.2. The van der Waals surface area contributed by atoms with E-state index in [1.807, 2.05) is 71.5 Å². The van der Waals surface area contributed by atoms with Gasteiger partial charge >= 0.3 is 0 Å². The molecule has 152 valence electrons. The first-order valence-corrected chi connectivity index (χ1v) is 11.5. The van der Waals surface area contributed by atoms with Crippen molar-refractivity contribution >= 4 is 29.0 Å². The minimum Gasteiger partial charge on any atom is -0.348 e. The average molecular weight is 435 g/mol. The van der Waals surface area contributed by atoms with Gasteiger partial charge in [-0.2, -0.15) is 0 Å². The van der Waals surface area contributed by atoms with Crippen LogP contribution >= 0.6 is 23.1 Å². The fraction of sp³-hybridized carbons (Fsp3) is 0.174. The van der Waals surface area contributed by atoms with Gasteiger partial charge in [0.15, 0.2) is 11.0 Å². The zero-order valence-electron chi connectivity index (χ0n) is 16.8. The maximum absolute atomic E-state index is 12.5. The van der Waals surface area contributed by atoms with Crippen LogP contribution in [0.1, 0.15) is 23.4 Å². The van der Waals surface area contributed by atoms with Gasteiger partial charge in [0, 0.05) is 16.1 Å².